The molecule has 10 nitrogen and oxygen atoms in total. The number of anilines is 2. The van der Waals surface area contributed by atoms with Gasteiger partial charge in [-0.15, -0.1) is 10.2 Å². The van der Waals surface area contributed by atoms with Crippen molar-refractivity contribution < 1.29 is 14.3 Å². The van der Waals surface area contributed by atoms with Crippen LogP contribution in [0.4, 0.5) is 27.8 Å². The van der Waals surface area contributed by atoms with Gasteiger partial charge < -0.3 is 15.0 Å². The zero-order valence-corrected chi connectivity index (χ0v) is 20.0. The van der Waals surface area contributed by atoms with Crippen LogP contribution in [0.3, 0.4) is 0 Å². The summed E-state index contributed by atoms with van der Waals surface area (Å²) in [6, 6.07) is 14.2. The van der Waals surface area contributed by atoms with Crippen molar-refractivity contribution in [2.45, 2.75) is 25.7 Å². The molecule has 0 spiro atoms. The number of nitrogens with one attached hydrogen (secondary N) is 3. The Balaban J connectivity index is 1.71. The van der Waals surface area contributed by atoms with Crippen LogP contribution in [0, 0.1) is 0 Å². The number of carbonyl (C=O) groups is 2. The third kappa shape index (κ3) is 7.78. The number of amides is 2. The molecule has 1 heterocycles. The molecule has 1 aromatic heterocycles. The first-order chi connectivity index (χ1) is 17.0. The van der Waals surface area contributed by atoms with Crippen molar-refractivity contribution in [3.8, 4) is 0 Å². The molecular formula is C24H26N6O4S. The molecule has 3 rings (SSSR count). The molecule has 0 saturated carbocycles. The number of aromatic nitrogens is 2. The molecule has 0 saturated heterocycles. The number of para-hydroxylation sites is 1. The number of aromatic amines is 1. The van der Waals surface area contributed by atoms with E-state index >= 15 is 0 Å². The van der Waals surface area contributed by atoms with Gasteiger partial charge in [-0.3, -0.25) is 10.1 Å². The molecule has 0 aliphatic carbocycles. The Morgan fingerprint density at radius 3 is 2.49 bits per heavy atom. The van der Waals surface area contributed by atoms with Gasteiger partial charge in [0.25, 0.3) is 5.56 Å². The van der Waals surface area contributed by atoms with E-state index in [1.807, 2.05) is 0 Å². The number of methoxy groups -OCH3 is 1. The van der Waals surface area contributed by atoms with Crippen LogP contribution in [0.5, 0.6) is 0 Å². The molecule has 3 aromatic rings. The first-order valence-electron chi connectivity index (χ1n) is 11.0. The van der Waals surface area contributed by atoms with Gasteiger partial charge in [-0.1, -0.05) is 30.7 Å². The number of nitrogens with zero attached hydrogens (tertiary/aromatic N) is 3. The topological polar surface area (TPSA) is 138 Å². The number of thiol groups is 1. The molecule has 0 atom stereocenters. The number of carbonyl (C=O) groups excluding carboxylic acids is 2. The minimum absolute atomic E-state index is 0.0466. The normalized spacial score (nSPS) is 10.8. The highest BCUT2D eigenvalue weighted by molar-refractivity contribution is 7.80. The molecule has 0 fully saturated rings. The molecule has 0 radical (unpaired) electrons. The van der Waals surface area contributed by atoms with Crippen LogP contribution in [0.1, 0.15) is 35.3 Å². The number of aryl methyl sites for hydroxylation is 1. The fourth-order valence-electron chi connectivity index (χ4n) is 3.18. The summed E-state index contributed by atoms with van der Waals surface area (Å²) in [5, 5.41) is 13.6. The highest BCUT2D eigenvalue weighted by atomic mass is 32.1. The lowest BCUT2D eigenvalue weighted by atomic mass is 10.1. The van der Waals surface area contributed by atoms with Crippen LogP contribution < -0.4 is 16.2 Å². The summed E-state index contributed by atoms with van der Waals surface area (Å²) in [6.45, 7) is 0. The lowest BCUT2D eigenvalue weighted by Gasteiger charge is -2.10. The van der Waals surface area contributed by atoms with E-state index in [1.54, 1.807) is 48.5 Å². The number of urea groups is 1. The summed E-state index contributed by atoms with van der Waals surface area (Å²) in [5.74, 6) is 0.333. The maximum absolute atomic E-state index is 12.6. The Bertz CT molecular complexity index is 1260. The van der Waals surface area contributed by atoms with Gasteiger partial charge >= 0.3 is 12.0 Å². The Labute approximate surface area is 207 Å². The standard InChI is InChI=1S/C24H26N6O4S/c1-34-22(32)17-10-4-5-11-18(17)29-30-20-13-7-6-12-19(20)26-24(33)28-23-25-16(15-21(31)27-23)9-3-2-8-14-35/h4-7,10-13,15,35H,2-3,8-9,14H2,1H3,(H3,25,26,27,28,31,33)/b30-29-. The number of benzene rings is 2. The number of hydrogen-bond acceptors (Lipinski definition) is 8. The largest absolute Gasteiger partial charge is 0.465 e. The summed E-state index contributed by atoms with van der Waals surface area (Å²) in [5.41, 5.74) is 1.57. The Hall–Kier alpha value is -3.99. The van der Waals surface area contributed by atoms with E-state index in [4.69, 9.17) is 4.74 Å². The number of ether oxygens (including phenoxy) is 1. The van der Waals surface area contributed by atoms with Crippen molar-refractivity contribution in [3.63, 3.8) is 0 Å². The van der Waals surface area contributed by atoms with Gasteiger partial charge in [0.15, 0.2) is 0 Å². The number of hydrogen-bond donors (Lipinski definition) is 4. The molecule has 2 aromatic carbocycles. The molecule has 0 unspecified atom stereocenters. The van der Waals surface area contributed by atoms with E-state index < -0.39 is 17.6 Å². The molecular weight excluding hydrogens is 468 g/mol. The molecule has 0 aliphatic rings. The van der Waals surface area contributed by atoms with Crippen molar-refractivity contribution in [1.82, 2.24) is 9.97 Å². The van der Waals surface area contributed by atoms with Gasteiger partial charge in [0, 0.05) is 11.8 Å². The van der Waals surface area contributed by atoms with Crippen LogP contribution in [0.25, 0.3) is 0 Å². The van der Waals surface area contributed by atoms with Crippen molar-refractivity contribution >= 4 is 47.6 Å². The van der Waals surface area contributed by atoms with Crippen LogP contribution in [-0.4, -0.2) is 34.8 Å². The summed E-state index contributed by atoms with van der Waals surface area (Å²) < 4.78 is 4.77. The Morgan fingerprint density at radius 1 is 1.00 bits per heavy atom. The van der Waals surface area contributed by atoms with Gasteiger partial charge in [0.05, 0.1) is 18.4 Å². The summed E-state index contributed by atoms with van der Waals surface area (Å²) >= 11 is 4.19. The molecule has 35 heavy (non-hydrogen) atoms. The number of rotatable bonds is 10. The van der Waals surface area contributed by atoms with Gasteiger partial charge in [0.2, 0.25) is 5.95 Å². The molecule has 3 N–H and O–H groups in total. The van der Waals surface area contributed by atoms with E-state index in [1.165, 1.54) is 13.2 Å². The minimum atomic E-state index is -0.613. The van der Waals surface area contributed by atoms with Crippen LogP contribution in [-0.2, 0) is 11.2 Å². The van der Waals surface area contributed by atoms with E-state index in [9.17, 15) is 14.4 Å². The van der Waals surface area contributed by atoms with Gasteiger partial charge in [-0.2, -0.15) is 17.6 Å². The first-order valence-corrected chi connectivity index (χ1v) is 11.6. The lowest BCUT2D eigenvalue weighted by Crippen LogP contribution is -2.23. The zero-order valence-electron chi connectivity index (χ0n) is 19.2. The van der Waals surface area contributed by atoms with Crippen molar-refractivity contribution in [1.29, 1.82) is 0 Å². The third-order valence-corrected chi connectivity index (χ3v) is 5.18. The number of esters is 1. The maximum Gasteiger partial charge on any atom is 0.340 e. The molecule has 2 amide bonds. The van der Waals surface area contributed by atoms with Crippen molar-refractivity contribution in [2.75, 3.05) is 23.5 Å². The van der Waals surface area contributed by atoms with Crippen LogP contribution in [0.2, 0.25) is 0 Å². The Morgan fingerprint density at radius 2 is 1.71 bits per heavy atom. The second-order valence-corrected chi connectivity index (χ2v) is 7.88. The van der Waals surface area contributed by atoms with Gasteiger partial charge in [0.1, 0.15) is 11.4 Å². The van der Waals surface area contributed by atoms with Crippen LogP contribution in [0.15, 0.2) is 69.6 Å². The van der Waals surface area contributed by atoms with E-state index in [0.29, 0.717) is 29.2 Å². The molecule has 0 aliphatic heterocycles. The predicted molar refractivity (Wildman–Crippen MR) is 137 cm³/mol. The SMILES string of the molecule is COC(=O)c1ccccc1/N=N\c1ccccc1NC(=O)Nc1nc(=O)cc(CCCCCS)[nH]1. The maximum atomic E-state index is 12.6. The minimum Gasteiger partial charge on any atom is -0.465 e. The Kier molecular flexibility index (Phi) is 9.55. The molecule has 11 heteroatoms. The lowest BCUT2D eigenvalue weighted by molar-refractivity contribution is 0.0601. The third-order valence-electron chi connectivity index (χ3n) is 4.86. The van der Waals surface area contributed by atoms with E-state index in [2.05, 4.69) is 43.5 Å². The highest BCUT2D eigenvalue weighted by Gasteiger charge is 2.12. The number of H-pyrrole nitrogens is 1. The fourth-order valence-corrected chi connectivity index (χ4v) is 3.41. The zero-order chi connectivity index (χ0) is 25.0. The summed E-state index contributed by atoms with van der Waals surface area (Å²) in [7, 11) is 1.29. The quantitative estimate of drug-likeness (QED) is 0.132. The second kappa shape index (κ2) is 13.0. The van der Waals surface area contributed by atoms with Gasteiger partial charge in [-0.25, -0.2) is 9.59 Å². The summed E-state index contributed by atoms with van der Waals surface area (Å²) in [6.07, 6.45) is 3.55. The highest BCUT2D eigenvalue weighted by Crippen LogP contribution is 2.28. The number of unbranched alkanes of at least 4 members (excludes halogenated alkanes) is 2. The van der Waals surface area contributed by atoms with E-state index in [-0.39, 0.29) is 11.5 Å². The average molecular weight is 495 g/mol. The second-order valence-electron chi connectivity index (χ2n) is 7.43. The monoisotopic (exact) mass is 494 g/mol. The smallest absolute Gasteiger partial charge is 0.340 e. The van der Waals surface area contributed by atoms with Crippen LogP contribution >= 0.6 is 12.6 Å². The van der Waals surface area contributed by atoms with Gasteiger partial charge in [-0.05, 0) is 49.3 Å². The molecule has 0 bridgehead atoms. The fraction of sp³-hybridized carbons (Fsp3) is 0.250. The molecule has 182 valence electrons. The van der Waals surface area contributed by atoms with E-state index in [0.717, 1.165) is 25.0 Å². The van der Waals surface area contributed by atoms with Crippen molar-refractivity contribution in [2.24, 2.45) is 10.2 Å². The summed E-state index contributed by atoms with van der Waals surface area (Å²) in [4.78, 5) is 43.3. The first kappa shape index (κ1) is 25.6. The number of azo groups is 1. The average Bonchev–Trinajstić information content (AvgIpc) is 2.85. The van der Waals surface area contributed by atoms with Crippen molar-refractivity contribution in [3.05, 3.63) is 76.2 Å². The predicted octanol–water partition coefficient (Wildman–Crippen LogP) is 5.26.